The van der Waals surface area contributed by atoms with Gasteiger partial charge in [-0.05, 0) is 32.1 Å². The van der Waals surface area contributed by atoms with Crippen LogP contribution in [-0.4, -0.2) is 23.2 Å². The summed E-state index contributed by atoms with van der Waals surface area (Å²) in [6, 6.07) is 0.299. The van der Waals surface area contributed by atoms with Crippen LogP contribution in [0.1, 0.15) is 50.4 Å². The van der Waals surface area contributed by atoms with Crippen molar-refractivity contribution in [3.05, 3.63) is 16.1 Å². The molecule has 0 aliphatic carbocycles. The highest BCUT2D eigenvalue weighted by Crippen LogP contribution is 2.23. The molecular weight excluding hydrogens is 232 g/mol. The molecule has 0 spiro atoms. The maximum Gasteiger partial charge on any atom is 0.0898 e. The normalized spacial score (nSPS) is 13.9. The minimum atomic E-state index is 0.224. The Hall–Kier alpha value is -0.450. The zero-order chi connectivity index (χ0) is 12.9. The fraction of sp³-hybridized carbons (Fsp3) is 0.769. The van der Waals surface area contributed by atoms with E-state index >= 15 is 0 Å². The van der Waals surface area contributed by atoms with Crippen LogP contribution in [0.3, 0.4) is 0 Å². The van der Waals surface area contributed by atoms with E-state index in [-0.39, 0.29) is 12.0 Å². The molecule has 0 saturated heterocycles. The van der Waals surface area contributed by atoms with Gasteiger partial charge in [0, 0.05) is 24.6 Å². The number of aliphatic hydroxyl groups is 1. The van der Waals surface area contributed by atoms with Crippen molar-refractivity contribution in [3.8, 4) is 0 Å². The molecule has 0 aromatic carbocycles. The van der Waals surface area contributed by atoms with Gasteiger partial charge in [-0.3, -0.25) is 0 Å². The number of aryl methyl sites for hydroxylation is 1. The maximum absolute atomic E-state index is 8.86. The van der Waals surface area contributed by atoms with Crippen LogP contribution in [0.5, 0.6) is 0 Å². The van der Waals surface area contributed by atoms with Gasteiger partial charge in [0.15, 0.2) is 0 Å². The third-order valence-electron chi connectivity index (χ3n) is 2.98. The van der Waals surface area contributed by atoms with Gasteiger partial charge in [0.2, 0.25) is 0 Å². The third-order valence-corrected chi connectivity index (χ3v) is 3.77. The number of aromatic nitrogens is 1. The smallest absolute Gasteiger partial charge is 0.0898 e. The van der Waals surface area contributed by atoms with Crippen LogP contribution in [-0.2, 0) is 0 Å². The Kier molecular flexibility index (Phi) is 5.56. The maximum atomic E-state index is 8.86. The average molecular weight is 256 g/mol. The zero-order valence-electron chi connectivity index (χ0n) is 11.3. The molecule has 2 N–H and O–H groups in total. The molecule has 1 aromatic rings. The molecule has 0 bridgehead atoms. The second kappa shape index (κ2) is 6.47. The number of aliphatic hydroxyl groups excluding tert-OH is 1. The van der Waals surface area contributed by atoms with Crippen LogP contribution in [0.25, 0.3) is 0 Å². The average Bonchev–Trinajstić information content (AvgIpc) is 2.70. The van der Waals surface area contributed by atoms with E-state index < -0.39 is 0 Å². The van der Waals surface area contributed by atoms with Crippen molar-refractivity contribution < 1.29 is 5.11 Å². The van der Waals surface area contributed by atoms with Crippen molar-refractivity contribution in [1.82, 2.24) is 10.3 Å². The zero-order valence-corrected chi connectivity index (χ0v) is 12.1. The first kappa shape index (κ1) is 14.6. The summed E-state index contributed by atoms with van der Waals surface area (Å²) in [6.45, 7) is 9.88. The number of hydrogen-bond donors (Lipinski definition) is 2. The molecule has 0 saturated carbocycles. The first-order valence-electron chi connectivity index (χ1n) is 6.21. The summed E-state index contributed by atoms with van der Waals surface area (Å²) >= 11 is 1.70. The quantitative estimate of drug-likeness (QED) is 0.788. The summed E-state index contributed by atoms with van der Waals surface area (Å²) < 4.78 is 0. The van der Waals surface area contributed by atoms with Crippen LogP contribution in [0.4, 0.5) is 0 Å². The standard InChI is InChI=1S/C13H24N2OS/c1-10(12-8-17-11(2)15-12)14-9-13(3,4)6-5-7-16/h8,10,14,16H,5-7,9H2,1-4H3. The second-order valence-corrected chi connectivity index (χ2v) is 6.45. The molecule has 0 aliphatic heterocycles. The van der Waals surface area contributed by atoms with Crippen LogP contribution in [0, 0.1) is 12.3 Å². The lowest BCUT2D eigenvalue weighted by molar-refractivity contribution is 0.232. The largest absolute Gasteiger partial charge is 0.396 e. The molecule has 17 heavy (non-hydrogen) atoms. The Balaban J connectivity index is 2.39. The van der Waals surface area contributed by atoms with E-state index in [2.05, 4.69) is 36.5 Å². The van der Waals surface area contributed by atoms with Crippen LogP contribution in [0.15, 0.2) is 5.38 Å². The Morgan fingerprint density at radius 2 is 2.24 bits per heavy atom. The monoisotopic (exact) mass is 256 g/mol. The summed E-state index contributed by atoms with van der Waals surface area (Å²) in [5.74, 6) is 0. The SMILES string of the molecule is Cc1nc(C(C)NCC(C)(C)CCCO)cs1. The van der Waals surface area contributed by atoms with Crippen LogP contribution < -0.4 is 5.32 Å². The lowest BCUT2D eigenvalue weighted by Gasteiger charge is -2.26. The van der Waals surface area contributed by atoms with Gasteiger partial charge >= 0.3 is 0 Å². The lowest BCUT2D eigenvalue weighted by atomic mass is 9.87. The van der Waals surface area contributed by atoms with E-state index in [4.69, 9.17) is 5.11 Å². The van der Waals surface area contributed by atoms with Crippen LogP contribution in [0.2, 0.25) is 0 Å². The summed E-state index contributed by atoms with van der Waals surface area (Å²) in [7, 11) is 0. The molecule has 1 rings (SSSR count). The van der Waals surface area contributed by atoms with Crippen molar-refractivity contribution in [2.45, 2.75) is 46.6 Å². The van der Waals surface area contributed by atoms with Gasteiger partial charge in [0.05, 0.1) is 10.7 Å². The highest BCUT2D eigenvalue weighted by atomic mass is 32.1. The van der Waals surface area contributed by atoms with E-state index in [1.165, 1.54) is 0 Å². The highest BCUT2D eigenvalue weighted by molar-refractivity contribution is 7.09. The molecule has 0 radical (unpaired) electrons. The lowest BCUT2D eigenvalue weighted by Crippen LogP contribution is -2.31. The summed E-state index contributed by atoms with van der Waals surface area (Å²) in [5, 5.41) is 15.6. The van der Waals surface area contributed by atoms with Crippen molar-refractivity contribution >= 4 is 11.3 Å². The van der Waals surface area contributed by atoms with Gasteiger partial charge in [-0.15, -0.1) is 11.3 Å². The van der Waals surface area contributed by atoms with Gasteiger partial charge in [0.1, 0.15) is 0 Å². The van der Waals surface area contributed by atoms with Crippen molar-refractivity contribution in [3.63, 3.8) is 0 Å². The first-order valence-corrected chi connectivity index (χ1v) is 7.09. The predicted octanol–water partition coefficient (Wildman–Crippen LogP) is 2.90. The summed E-state index contributed by atoms with van der Waals surface area (Å²) in [5.41, 5.74) is 1.35. The molecular formula is C13H24N2OS. The van der Waals surface area contributed by atoms with Gasteiger partial charge < -0.3 is 10.4 Å². The van der Waals surface area contributed by atoms with Gasteiger partial charge in [-0.25, -0.2) is 4.98 Å². The van der Waals surface area contributed by atoms with Gasteiger partial charge in [-0.1, -0.05) is 13.8 Å². The third kappa shape index (κ3) is 5.15. The molecule has 3 nitrogen and oxygen atoms in total. The molecule has 0 fully saturated rings. The van der Waals surface area contributed by atoms with E-state index in [1.807, 2.05) is 6.92 Å². The molecule has 1 heterocycles. The van der Waals surface area contributed by atoms with Gasteiger partial charge in [-0.2, -0.15) is 0 Å². The Bertz CT molecular complexity index is 336. The second-order valence-electron chi connectivity index (χ2n) is 5.39. The molecule has 1 aromatic heterocycles. The fourth-order valence-electron chi connectivity index (χ4n) is 1.76. The minimum absolute atomic E-state index is 0.224. The van der Waals surface area contributed by atoms with Crippen molar-refractivity contribution in [1.29, 1.82) is 0 Å². The Morgan fingerprint density at radius 1 is 1.53 bits per heavy atom. The highest BCUT2D eigenvalue weighted by Gasteiger charge is 2.19. The molecule has 1 unspecified atom stereocenters. The predicted molar refractivity (Wildman–Crippen MR) is 73.4 cm³/mol. The number of thiazole rings is 1. The number of nitrogens with one attached hydrogen (secondary N) is 1. The van der Waals surface area contributed by atoms with Crippen LogP contribution >= 0.6 is 11.3 Å². The number of hydrogen-bond acceptors (Lipinski definition) is 4. The van der Waals surface area contributed by atoms with Gasteiger partial charge in [0.25, 0.3) is 0 Å². The molecule has 98 valence electrons. The molecule has 0 aliphatic rings. The topological polar surface area (TPSA) is 45.2 Å². The summed E-state index contributed by atoms with van der Waals surface area (Å²) in [4.78, 5) is 4.49. The molecule has 1 atom stereocenters. The van der Waals surface area contributed by atoms with E-state index in [0.29, 0.717) is 6.04 Å². The fourth-order valence-corrected chi connectivity index (χ4v) is 2.47. The summed E-state index contributed by atoms with van der Waals surface area (Å²) in [6.07, 6.45) is 1.91. The van der Waals surface area contributed by atoms with E-state index in [1.54, 1.807) is 11.3 Å². The number of nitrogens with zero attached hydrogens (tertiary/aromatic N) is 1. The van der Waals surface area contributed by atoms with E-state index in [9.17, 15) is 0 Å². The van der Waals surface area contributed by atoms with E-state index in [0.717, 1.165) is 30.1 Å². The molecule has 0 amide bonds. The Morgan fingerprint density at radius 3 is 2.76 bits per heavy atom. The first-order chi connectivity index (χ1) is 7.94. The van der Waals surface area contributed by atoms with Crippen molar-refractivity contribution in [2.24, 2.45) is 5.41 Å². The Labute approximate surface area is 108 Å². The molecule has 4 heteroatoms. The number of rotatable bonds is 7. The van der Waals surface area contributed by atoms with Crippen molar-refractivity contribution in [2.75, 3.05) is 13.2 Å². The minimum Gasteiger partial charge on any atom is -0.396 e.